The van der Waals surface area contributed by atoms with Crippen LogP contribution in [0.2, 0.25) is 5.02 Å². The Morgan fingerprint density at radius 2 is 1.66 bits per heavy atom. The van der Waals surface area contributed by atoms with Gasteiger partial charge in [-0.15, -0.1) is 0 Å². The van der Waals surface area contributed by atoms with Gasteiger partial charge in [-0.2, -0.15) is 13.2 Å². The molecule has 3 rings (SSSR count). The Labute approximate surface area is 168 Å². The van der Waals surface area contributed by atoms with Gasteiger partial charge < -0.3 is 5.32 Å². The van der Waals surface area contributed by atoms with Gasteiger partial charge in [-0.25, -0.2) is 8.78 Å². The number of hydrogen-bond acceptors (Lipinski definition) is 2. The highest BCUT2D eigenvalue weighted by atomic mass is 35.5. The summed E-state index contributed by atoms with van der Waals surface area (Å²) < 4.78 is 66.3. The van der Waals surface area contributed by atoms with Gasteiger partial charge in [0.2, 0.25) is 0 Å². The summed E-state index contributed by atoms with van der Waals surface area (Å²) in [6.07, 6.45) is -1.30. The summed E-state index contributed by atoms with van der Waals surface area (Å²) in [5, 5.41) is 11.2. The average Bonchev–Trinajstić information content (AvgIpc) is 2.65. The Morgan fingerprint density at radius 1 is 1.00 bits per heavy atom. The van der Waals surface area contributed by atoms with Gasteiger partial charge in [-0.05, 0) is 53.6 Å². The number of benzene rings is 2. The van der Waals surface area contributed by atoms with Gasteiger partial charge >= 0.3 is 6.18 Å². The van der Waals surface area contributed by atoms with E-state index >= 15 is 0 Å². The van der Waals surface area contributed by atoms with E-state index in [2.05, 4.69) is 5.32 Å². The van der Waals surface area contributed by atoms with Gasteiger partial charge in [0.25, 0.3) is 0 Å². The molecular formula is C21H14ClF5N2. The first-order valence-corrected chi connectivity index (χ1v) is 8.77. The fourth-order valence-electron chi connectivity index (χ4n) is 2.81. The zero-order valence-corrected chi connectivity index (χ0v) is 15.5. The van der Waals surface area contributed by atoms with Crippen molar-refractivity contribution in [2.75, 3.05) is 0 Å². The van der Waals surface area contributed by atoms with Gasteiger partial charge in [-0.1, -0.05) is 29.8 Å². The Hall–Kier alpha value is -2.93. The van der Waals surface area contributed by atoms with E-state index in [1.165, 1.54) is 48.6 Å². The van der Waals surface area contributed by atoms with Crippen molar-refractivity contribution in [3.63, 3.8) is 0 Å². The van der Waals surface area contributed by atoms with Crippen molar-refractivity contribution in [1.29, 1.82) is 5.41 Å². The minimum Gasteiger partial charge on any atom is -0.380 e. The maximum Gasteiger partial charge on any atom is 0.418 e. The van der Waals surface area contributed by atoms with Crippen LogP contribution in [0.1, 0.15) is 11.1 Å². The second kappa shape index (κ2) is 8.21. The monoisotopic (exact) mass is 424 g/mol. The van der Waals surface area contributed by atoms with Crippen molar-refractivity contribution >= 4 is 23.0 Å². The molecule has 0 saturated heterocycles. The largest absolute Gasteiger partial charge is 0.418 e. The predicted molar refractivity (Wildman–Crippen MR) is 103 cm³/mol. The lowest BCUT2D eigenvalue weighted by Gasteiger charge is -2.21. The highest BCUT2D eigenvalue weighted by molar-refractivity contribution is 6.31. The van der Waals surface area contributed by atoms with Crippen molar-refractivity contribution in [1.82, 2.24) is 5.32 Å². The van der Waals surface area contributed by atoms with Crippen LogP contribution in [-0.4, -0.2) is 11.9 Å². The van der Waals surface area contributed by atoms with Crippen LogP contribution in [0.15, 0.2) is 71.8 Å². The molecule has 0 unspecified atom stereocenters. The van der Waals surface area contributed by atoms with Gasteiger partial charge in [0, 0.05) is 17.1 Å². The number of allylic oxidation sites excluding steroid dienone is 5. The summed E-state index contributed by atoms with van der Waals surface area (Å²) in [6, 6.07) is 8.89. The van der Waals surface area contributed by atoms with E-state index in [4.69, 9.17) is 17.0 Å². The first kappa shape index (κ1) is 20.8. The molecule has 0 amide bonds. The van der Waals surface area contributed by atoms with E-state index in [1.807, 2.05) is 0 Å². The summed E-state index contributed by atoms with van der Waals surface area (Å²) >= 11 is 6.02. The van der Waals surface area contributed by atoms with Crippen LogP contribution in [0.25, 0.3) is 5.70 Å². The molecule has 1 aliphatic carbocycles. The Bertz CT molecular complexity index is 1030. The molecule has 2 nitrogen and oxygen atoms in total. The van der Waals surface area contributed by atoms with Gasteiger partial charge in [-0.3, -0.25) is 5.41 Å². The van der Waals surface area contributed by atoms with E-state index in [0.29, 0.717) is 11.1 Å². The standard InChI is InChI=1S/C21H14ClF5N2/c22-18-10-15(24)9-6-13(18)11-29-20(12-4-7-14(23)8-5-12)16-2-1-3-17(19(16)28)21(25,26)27/h1-10,28-29H,11H2/b20-16-,28-19?. The average molecular weight is 425 g/mol. The quantitative estimate of drug-likeness (QED) is 0.563. The van der Waals surface area contributed by atoms with Crippen LogP contribution in [0.3, 0.4) is 0 Å². The molecule has 0 spiro atoms. The molecular weight excluding hydrogens is 411 g/mol. The molecule has 29 heavy (non-hydrogen) atoms. The molecule has 0 fully saturated rings. The summed E-state index contributed by atoms with van der Waals surface area (Å²) in [4.78, 5) is 0. The molecule has 0 aromatic heterocycles. The lowest BCUT2D eigenvalue weighted by atomic mass is 9.92. The van der Waals surface area contributed by atoms with Crippen LogP contribution in [0.4, 0.5) is 22.0 Å². The minimum absolute atomic E-state index is 0.00957. The Balaban J connectivity index is 2.03. The number of halogens is 6. The van der Waals surface area contributed by atoms with E-state index in [-0.39, 0.29) is 22.8 Å². The molecule has 0 heterocycles. The summed E-state index contributed by atoms with van der Waals surface area (Å²) in [5.41, 5.74) is -0.719. The molecule has 8 heteroatoms. The third kappa shape index (κ3) is 4.74. The van der Waals surface area contributed by atoms with E-state index < -0.39 is 29.1 Å². The zero-order valence-electron chi connectivity index (χ0n) is 14.7. The van der Waals surface area contributed by atoms with Crippen LogP contribution in [0.5, 0.6) is 0 Å². The van der Waals surface area contributed by atoms with Gasteiger partial charge in [0.15, 0.2) is 0 Å². The maximum atomic E-state index is 13.3. The lowest BCUT2D eigenvalue weighted by molar-refractivity contribution is -0.0861. The number of rotatable bonds is 4. The second-order valence-corrected chi connectivity index (χ2v) is 6.60. The van der Waals surface area contributed by atoms with Crippen LogP contribution >= 0.6 is 11.6 Å². The summed E-state index contributed by atoms with van der Waals surface area (Å²) in [7, 11) is 0. The third-order valence-electron chi connectivity index (χ3n) is 4.24. The molecule has 0 saturated carbocycles. The first-order valence-electron chi connectivity index (χ1n) is 8.39. The van der Waals surface area contributed by atoms with Crippen LogP contribution in [0, 0.1) is 17.0 Å². The van der Waals surface area contributed by atoms with Crippen molar-refractivity contribution in [2.45, 2.75) is 12.7 Å². The molecule has 2 aromatic rings. The van der Waals surface area contributed by atoms with E-state index in [1.54, 1.807) is 0 Å². The number of alkyl halides is 3. The summed E-state index contributed by atoms with van der Waals surface area (Å²) in [6.45, 7) is 0.0571. The van der Waals surface area contributed by atoms with Crippen molar-refractivity contribution in [2.24, 2.45) is 0 Å². The molecule has 2 aromatic carbocycles. The maximum absolute atomic E-state index is 13.3. The van der Waals surface area contributed by atoms with Crippen molar-refractivity contribution < 1.29 is 22.0 Å². The third-order valence-corrected chi connectivity index (χ3v) is 4.59. The van der Waals surface area contributed by atoms with E-state index in [0.717, 1.165) is 12.1 Å². The fraction of sp³-hybridized carbons (Fsp3) is 0.0952. The first-order chi connectivity index (χ1) is 13.7. The molecule has 2 N–H and O–H groups in total. The number of hydrogen-bond donors (Lipinski definition) is 2. The molecule has 150 valence electrons. The van der Waals surface area contributed by atoms with Gasteiger partial charge in [0.05, 0.1) is 17.0 Å². The molecule has 1 aliphatic rings. The lowest BCUT2D eigenvalue weighted by Crippen LogP contribution is -2.25. The normalized spacial score (nSPS) is 15.9. The Morgan fingerprint density at radius 3 is 2.28 bits per heavy atom. The summed E-state index contributed by atoms with van der Waals surface area (Å²) in [5.74, 6) is -1.03. The van der Waals surface area contributed by atoms with Crippen molar-refractivity contribution in [3.05, 3.63) is 99.6 Å². The fourth-order valence-corrected chi connectivity index (χ4v) is 3.05. The van der Waals surface area contributed by atoms with Crippen LogP contribution in [-0.2, 0) is 6.54 Å². The SMILES string of the molecule is N=C1C(C(F)(F)F)=CC=C/C1=C(/NCc1ccc(F)cc1Cl)c1ccc(F)cc1. The van der Waals surface area contributed by atoms with Crippen LogP contribution < -0.4 is 5.32 Å². The smallest absolute Gasteiger partial charge is 0.380 e. The topological polar surface area (TPSA) is 35.9 Å². The zero-order chi connectivity index (χ0) is 21.2. The van der Waals surface area contributed by atoms with E-state index in [9.17, 15) is 22.0 Å². The predicted octanol–water partition coefficient (Wildman–Crippen LogP) is 6.20. The molecule has 0 aliphatic heterocycles. The van der Waals surface area contributed by atoms with Gasteiger partial charge in [0.1, 0.15) is 11.6 Å². The second-order valence-electron chi connectivity index (χ2n) is 6.20. The molecule has 0 atom stereocenters. The number of nitrogens with one attached hydrogen (secondary N) is 2. The van der Waals surface area contributed by atoms with Crippen molar-refractivity contribution in [3.8, 4) is 0 Å². The molecule has 0 radical (unpaired) electrons. The molecule has 0 bridgehead atoms. The Kier molecular flexibility index (Phi) is 5.88. The highest BCUT2D eigenvalue weighted by Gasteiger charge is 2.38. The minimum atomic E-state index is -4.69. The highest BCUT2D eigenvalue weighted by Crippen LogP contribution is 2.33.